The van der Waals surface area contributed by atoms with Crippen LogP contribution >= 0.6 is 0 Å². The van der Waals surface area contributed by atoms with Crippen LogP contribution in [0.5, 0.6) is 0 Å². The maximum Gasteiger partial charge on any atom is 0.269 e. The Balaban J connectivity index is 1.67. The Labute approximate surface area is 137 Å². The molecule has 1 fully saturated rings. The highest BCUT2D eigenvalue weighted by molar-refractivity contribution is 5.92. The number of H-pyrrole nitrogens is 1. The van der Waals surface area contributed by atoms with E-state index in [-0.39, 0.29) is 22.6 Å². The second kappa shape index (κ2) is 6.22. The highest BCUT2D eigenvalue weighted by atomic mass is 19.1. The molecule has 1 saturated carbocycles. The van der Waals surface area contributed by atoms with Crippen molar-refractivity contribution in [1.82, 2.24) is 15.1 Å². The van der Waals surface area contributed by atoms with Crippen molar-refractivity contribution < 1.29 is 13.6 Å². The molecule has 0 unspecified atom stereocenters. The number of aromatic nitrogens is 2. The van der Waals surface area contributed by atoms with Gasteiger partial charge in [-0.05, 0) is 36.3 Å². The fraction of sp³-hybridized carbons (Fsp3) is 0.412. The fourth-order valence-corrected chi connectivity index (χ4v) is 3.13. The average Bonchev–Trinajstić information content (AvgIpc) is 2.83. The van der Waals surface area contributed by atoms with Gasteiger partial charge in [-0.15, -0.1) is 0 Å². The van der Waals surface area contributed by atoms with Crippen molar-refractivity contribution in [2.75, 3.05) is 6.54 Å². The van der Waals surface area contributed by atoms with E-state index in [1.165, 1.54) is 29.9 Å². The molecule has 1 aliphatic carbocycles. The molecule has 0 radical (unpaired) electrons. The molecule has 3 rings (SSSR count). The lowest BCUT2D eigenvalue weighted by Crippen LogP contribution is -2.44. The van der Waals surface area contributed by atoms with Gasteiger partial charge in [-0.2, -0.15) is 0 Å². The highest BCUT2D eigenvalue weighted by Crippen LogP contribution is 2.43. The van der Waals surface area contributed by atoms with E-state index in [0.29, 0.717) is 18.5 Å². The van der Waals surface area contributed by atoms with Crippen molar-refractivity contribution in [1.29, 1.82) is 0 Å². The minimum absolute atomic E-state index is 0.199. The largest absolute Gasteiger partial charge is 0.350 e. The molecule has 0 spiro atoms. The van der Waals surface area contributed by atoms with Crippen molar-refractivity contribution in [2.45, 2.75) is 25.7 Å². The summed E-state index contributed by atoms with van der Waals surface area (Å²) in [7, 11) is 1.53. The molecule has 7 heteroatoms. The molecule has 1 aromatic carbocycles. The summed E-state index contributed by atoms with van der Waals surface area (Å²) in [5.41, 5.74) is 0.152. The van der Waals surface area contributed by atoms with Crippen LogP contribution in [0.15, 0.2) is 29.1 Å². The topological polar surface area (TPSA) is 66.9 Å². The van der Waals surface area contributed by atoms with Gasteiger partial charge in [0, 0.05) is 25.7 Å². The van der Waals surface area contributed by atoms with Crippen LogP contribution in [0.25, 0.3) is 0 Å². The summed E-state index contributed by atoms with van der Waals surface area (Å²) in [5.74, 6) is -1.52. The van der Waals surface area contributed by atoms with Gasteiger partial charge in [0.1, 0.15) is 17.3 Å². The smallest absolute Gasteiger partial charge is 0.269 e. The first-order valence-electron chi connectivity index (χ1n) is 7.87. The van der Waals surface area contributed by atoms with Crippen LogP contribution in [0.4, 0.5) is 8.78 Å². The molecule has 128 valence electrons. The number of amides is 1. The number of hydrogen-bond acceptors (Lipinski definition) is 2. The normalized spacial score (nSPS) is 15.8. The van der Waals surface area contributed by atoms with E-state index in [0.717, 1.165) is 25.3 Å². The molecular weight excluding hydrogens is 316 g/mol. The van der Waals surface area contributed by atoms with E-state index in [4.69, 9.17) is 0 Å². The monoisotopic (exact) mass is 335 g/mol. The fourth-order valence-electron chi connectivity index (χ4n) is 3.13. The molecule has 2 N–H and O–H groups in total. The molecule has 0 saturated heterocycles. The minimum atomic E-state index is -0.597. The van der Waals surface area contributed by atoms with E-state index in [2.05, 4.69) is 10.4 Å². The maximum absolute atomic E-state index is 13.9. The number of carbonyl (C=O) groups excluding carboxylic acids is 1. The van der Waals surface area contributed by atoms with Gasteiger partial charge in [0.05, 0.1) is 0 Å². The molecule has 1 amide bonds. The van der Waals surface area contributed by atoms with Crippen molar-refractivity contribution >= 4 is 5.91 Å². The van der Waals surface area contributed by atoms with Gasteiger partial charge in [0.2, 0.25) is 0 Å². The number of rotatable bonds is 5. The third kappa shape index (κ3) is 3.25. The molecule has 24 heavy (non-hydrogen) atoms. The average molecular weight is 335 g/mol. The number of carbonyl (C=O) groups is 1. The molecule has 0 atom stereocenters. The minimum Gasteiger partial charge on any atom is -0.350 e. The van der Waals surface area contributed by atoms with Gasteiger partial charge >= 0.3 is 0 Å². The van der Waals surface area contributed by atoms with Crippen LogP contribution in [0.2, 0.25) is 0 Å². The molecule has 2 aromatic rings. The maximum atomic E-state index is 13.9. The predicted octanol–water partition coefficient (Wildman–Crippen LogP) is 2.13. The first-order chi connectivity index (χ1) is 11.4. The molecule has 1 heterocycles. The van der Waals surface area contributed by atoms with Crippen molar-refractivity contribution in [3.05, 3.63) is 57.5 Å². The number of hydrogen-bond donors (Lipinski definition) is 2. The third-order valence-electron chi connectivity index (χ3n) is 4.75. The predicted molar refractivity (Wildman–Crippen MR) is 84.7 cm³/mol. The lowest BCUT2D eigenvalue weighted by atomic mass is 9.65. The highest BCUT2D eigenvalue weighted by Gasteiger charge is 2.38. The molecule has 0 aliphatic heterocycles. The molecule has 0 bridgehead atoms. The number of aryl methyl sites for hydroxylation is 1. The van der Waals surface area contributed by atoms with Gasteiger partial charge in [-0.3, -0.25) is 19.4 Å². The van der Waals surface area contributed by atoms with Crippen molar-refractivity contribution in [2.24, 2.45) is 12.5 Å². The second-order valence-corrected chi connectivity index (χ2v) is 6.52. The summed E-state index contributed by atoms with van der Waals surface area (Å²) in [5, 5.41) is 5.49. The van der Waals surface area contributed by atoms with Gasteiger partial charge < -0.3 is 5.32 Å². The standard InChI is InChI=1S/C17H19F2N3O2/c1-22-15(23)8-14(21-22)16(24)20-10-17(5-2-6-17)9-11-3-4-12(18)7-13(11)19/h3-4,7-8,21H,2,5-6,9-10H2,1H3,(H,20,24). The number of aromatic amines is 1. The second-order valence-electron chi connectivity index (χ2n) is 6.52. The lowest BCUT2D eigenvalue weighted by Gasteiger charge is -2.42. The van der Waals surface area contributed by atoms with Crippen LogP contribution in [0.3, 0.4) is 0 Å². The number of halogens is 2. The van der Waals surface area contributed by atoms with Crippen LogP contribution in [0, 0.1) is 17.0 Å². The Hall–Kier alpha value is -2.44. The Morgan fingerprint density at radius 3 is 2.62 bits per heavy atom. The number of nitrogens with one attached hydrogen (secondary N) is 2. The van der Waals surface area contributed by atoms with Crippen molar-refractivity contribution in [3.8, 4) is 0 Å². The SMILES string of the molecule is Cn1[nH]c(C(=O)NCC2(Cc3ccc(F)cc3F)CCC2)cc1=O. The zero-order valence-electron chi connectivity index (χ0n) is 13.4. The summed E-state index contributed by atoms with van der Waals surface area (Å²) < 4.78 is 28.1. The summed E-state index contributed by atoms with van der Waals surface area (Å²) in [4.78, 5) is 23.5. The molecule has 5 nitrogen and oxygen atoms in total. The van der Waals surface area contributed by atoms with Gasteiger partial charge in [0.15, 0.2) is 0 Å². The van der Waals surface area contributed by atoms with E-state index in [1.54, 1.807) is 0 Å². The zero-order chi connectivity index (χ0) is 17.3. The molecule has 1 aliphatic rings. The van der Waals surface area contributed by atoms with E-state index in [1.807, 2.05) is 0 Å². The lowest BCUT2D eigenvalue weighted by molar-refractivity contribution is 0.0852. The summed E-state index contributed by atoms with van der Waals surface area (Å²) in [6.07, 6.45) is 3.20. The zero-order valence-corrected chi connectivity index (χ0v) is 13.4. The van der Waals surface area contributed by atoms with E-state index in [9.17, 15) is 18.4 Å². The summed E-state index contributed by atoms with van der Waals surface area (Å²) >= 11 is 0. The van der Waals surface area contributed by atoms with Crippen LogP contribution in [-0.2, 0) is 13.5 Å². The van der Waals surface area contributed by atoms with Crippen LogP contribution < -0.4 is 10.9 Å². The van der Waals surface area contributed by atoms with Gasteiger partial charge in [0.25, 0.3) is 11.5 Å². The Kier molecular flexibility index (Phi) is 4.26. The Morgan fingerprint density at radius 2 is 2.08 bits per heavy atom. The van der Waals surface area contributed by atoms with Crippen LogP contribution in [-0.4, -0.2) is 22.2 Å². The number of benzene rings is 1. The number of nitrogens with zero attached hydrogens (tertiary/aromatic N) is 1. The summed E-state index contributed by atoms with van der Waals surface area (Å²) in [6, 6.07) is 4.83. The Bertz CT molecular complexity index is 821. The van der Waals surface area contributed by atoms with Gasteiger partial charge in [-0.1, -0.05) is 12.5 Å². The van der Waals surface area contributed by atoms with E-state index >= 15 is 0 Å². The van der Waals surface area contributed by atoms with Gasteiger partial charge in [-0.25, -0.2) is 8.78 Å². The third-order valence-corrected chi connectivity index (χ3v) is 4.75. The Morgan fingerprint density at radius 1 is 1.33 bits per heavy atom. The van der Waals surface area contributed by atoms with Crippen LogP contribution in [0.1, 0.15) is 35.3 Å². The first kappa shape index (κ1) is 16.4. The summed E-state index contributed by atoms with van der Waals surface area (Å²) in [6.45, 7) is 0.388. The van der Waals surface area contributed by atoms with Crippen molar-refractivity contribution in [3.63, 3.8) is 0 Å². The van der Waals surface area contributed by atoms with E-state index < -0.39 is 11.6 Å². The quantitative estimate of drug-likeness (QED) is 0.879. The first-order valence-corrected chi connectivity index (χ1v) is 7.87. The molecule has 1 aromatic heterocycles. The molecular formula is C17H19F2N3O2.